The van der Waals surface area contributed by atoms with Crippen LogP contribution in [0.1, 0.15) is 26.7 Å². The molecule has 0 saturated carbocycles. The van der Waals surface area contributed by atoms with Crippen LogP contribution in [-0.2, 0) is 9.84 Å². The van der Waals surface area contributed by atoms with Crippen molar-refractivity contribution >= 4 is 22.2 Å². The summed E-state index contributed by atoms with van der Waals surface area (Å²) in [4.78, 5) is 0.229. The van der Waals surface area contributed by atoms with Gasteiger partial charge in [-0.05, 0) is 75.5 Å². The highest BCUT2D eigenvalue weighted by Crippen LogP contribution is 2.37. The Hall–Kier alpha value is -1.50. The van der Waals surface area contributed by atoms with Crippen molar-refractivity contribution in [2.45, 2.75) is 36.3 Å². The third kappa shape index (κ3) is 4.18. The van der Waals surface area contributed by atoms with Crippen LogP contribution >= 0.6 is 12.4 Å². The van der Waals surface area contributed by atoms with E-state index in [1.165, 1.54) is 24.3 Å². The lowest BCUT2D eigenvalue weighted by molar-refractivity contribution is 0.305. The van der Waals surface area contributed by atoms with Gasteiger partial charge in [-0.2, -0.15) is 0 Å². The van der Waals surface area contributed by atoms with Gasteiger partial charge in [0.25, 0.3) is 0 Å². The van der Waals surface area contributed by atoms with Gasteiger partial charge in [0.2, 0.25) is 0 Å². The van der Waals surface area contributed by atoms with E-state index in [0.717, 1.165) is 32.0 Å². The van der Waals surface area contributed by atoms with E-state index in [2.05, 4.69) is 5.32 Å². The Labute approximate surface area is 165 Å². The molecule has 1 aliphatic rings. The van der Waals surface area contributed by atoms with Crippen LogP contribution in [0.5, 0.6) is 0 Å². The van der Waals surface area contributed by atoms with E-state index in [9.17, 15) is 17.2 Å². The minimum atomic E-state index is -3.54. The summed E-state index contributed by atoms with van der Waals surface area (Å²) in [5.74, 6) is -1.23. The van der Waals surface area contributed by atoms with Gasteiger partial charge in [-0.1, -0.05) is 12.1 Å². The second kappa shape index (κ2) is 8.25. The second-order valence-electron chi connectivity index (χ2n) is 7.28. The number of nitrogens with one attached hydrogen (secondary N) is 1. The molecule has 27 heavy (non-hydrogen) atoms. The van der Waals surface area contributed by atoms with Crippen LogP contribution in [0.25, 0.3) is 11.1 Å². The standard InChI is InChI=1S/C20H23F2NO2S.ClH/c1-20(2,15-9-11-23-12-10-15)26(24,25)17-6-3-14(4-7-17)18-8-5-16(21)13-19(18)22;/h3-8,13,15,23H,9-12H2,1-2H3;1H. The van der Waals surface area contributed by atoms with E-state index in [4.69, 9.17) is 0 Å². The first-order valence-electron chi connectivity index (χ1n) is 8.74. The topological polar surface area (TPSA) is 46.2 Å². The van der Waals surface area contributed by atoms with Crippen LogP contribution in [0.4, 0.5) is 8.78 Å². The monoisotopic (exact) mass is 415 g/mol. The van der Waals surface area contributed by atoms with E-state index >= 15 is 0 Å². The largest absolute Gasteiger partial charge is 0.317 e. The zero-order valence-electron chi connectivity index (χ0n) is 15.3. The third-order valence-corrected chi connectivity index (χ3v) is 8.03. The van der Waals surface area contributed by atoms with Crippen molar-refractivity contribution in [2.24, 2.45) is 5.92 Å². The highest BCUT2D eigenvalue weighted by Gasteiger charge is 2.42. The molecule has 0 radical (unpaired) electrons. The third-order valence-electron chi connectivity index (χ3n) is 5.42. The second-order valence-corrected chi connectivity index (χ2v) is 9.81. The molecule has 0 spiro atoms. The molecule has 1 aliphatic heterocycles. The van der Waals surface area contributed by atoms with Crippen LogP contribution in [0.3, 0.4) is 0 Å². The molecule has 2 aromatic carbocycles. The van der Waals surface area contributed by atoms with E-state index in [0.29, 0.717) is 5.56 Å². The van der Waals surface area contributed by atoms with Crippen molar-refractivity contribution in [1.29, 1.82) is 0 Å². The number of rotatable bonds is 4. The average molecular weight is 416 g/mol. The van der Waals surface area contributed by atoms with Crippen LogP contribution in [0.2, 0.25) is 0 Å². The number of hydrogen-bond acceptors (Lipinski definition) is 3. The zero-order chi connectivity index (χ0) is 18.9. The molecule has 0 bridgehead atoms. The summed E-state index contributed by atoms with van der Waals surface area (Å²) in [5, 5.41) is 3.26. The SMILES string of the molecule is CC(C)(C1CCNCC1)S(=O)(=O)c1ccc(-c2ccc(F)cc2F)cc1.Cl. The van der Waals surface area contributed by atoms with Gasteiger partial charge in [0.15, 0.2) is 9.84 Å². The predicted molar refractivity (Wildman–Crippen MR) is 106 cm³/mol. The van der Waals surface area contributed by atoms with Crippen molar-refractivity contribution in [2.75, 3.05) is 13.1 Å². The Morgan fingerprint density at radius 3 is 2.15 bits per heavy atom. The average Bonchev–Trinajstić information content (AvgIpc) is 2.62. The number of piperidine rings is 1. The summed E-state index contributed by atoms with van der Waals surface area (Å²) < 4.78 is 52.5. The molecule has 1 heterocycles. The van der Waals surface area contributed by atoms with E-state index in [1.54, 1.807) is 26.0 Å². The first kappa shape index (κ1) is 21.8. The first-order chi connectivity index (χ1) is 12.2. The van der Waals surface area contributed by atoms with Crippen LogP contribution < -0.4 is 5.32 Å². The molecule has 1 saturated heterocycles. The summed E-state index contributed by atoms with van der Waals surface area (Å²) in [7, 11) is -3.54. The molecule has 3 rings (SSSR count). The summed E-state index contributed by atoms with van der Waals surface area (Å²) in [5.41, 5.74) is 0.758. The van der Waals surface area contributed by atoms with Crippen LogP contribution in [0.15, 0.2) is 47.4 Å². The molecule has 0 unspecified atom stereocenters. The lowest BCUT2D eigenvalue weighted by atomic mass is 9.86. The van der Waals surface area contributed by atoms with Gasteiger partial charge in [-0.25, -0.2) is 17.2 Å². The molecule has 1 fully saturated rings. The summed E-state index contributed by atoms with van der Waals surface area (Å²) >= 11 is 0. The van der Waals surface area contributed by atoms with Gasteiger partial charge in [0.05, 0.1) is 9.64 Å². The molecule has 0 atom stereocenters. The molecule has 0 aliphatic carbocycles. The van der Waals surface area contributed by atoms with E-state index < -0.39 is 26.2 Å². The molecule has 1 N–H and O–H groups in total. The van der Waals surface area contributed by atoms with E-state index in [1.807, 2.05) is 0 Å². The maximum atomic E-state index is 13.9. The maximum Gasteiger partial charge on any atom is 0.183 e. The van der Waals surface area contributed by atoms with Crippen molar-refractivity contribution in [3.05, 3.63) is 54.1 Å². The van der Waals surface area contributed by atoms with Crippen molar-refractivity contribution < 1.29 is 17.2 Å². The molecule has 148 valence electrons. The normalized spacial score (nSPS) is 16.0. The molecular formula is C20H24ClF2NO2S. The fourth-order valence-corrected chi connectivity index (χ4v) is 5.35. The van der Waals surface area contributed by atoms with Gasteiger partial charge in [-0.3, -0.25) is 0 Å². The van der Waals surface area contributed by atoms with Gasteiger partial charge in [0.1, 0.15) is 11.6 Å². The van der Waals surface area contributed by atoms with Gasteiger partial charge >= 0.3 is 0 Å². The smallest absolute Gasteiger partial charge is 0.183 e. The lowest BCUT2D eigenvalue weighted by Crippen LogP contribution is -2.45. The van der Waals surface area contributed by atoms with Crippen LogP contribution in [-0.4, -0.2) is 26.3 Å². The molecule has 2 aromatic rings. The van der Waals surface area contributed by atoms with Gasteiger partial charge < -0.3 is 5.32 Å². The molecule has 0 aromatic heterocycles. The fourth-order valence-electron chi connectivity index (χ4n) is 3.58. The number of benzene rings is 2. The Kier molecular flexibility index (Phi) is 6.66. The van der Waals surface area contributed by atoms with Crippen LogP contribution in [0, 0.1) is 17.6 Å². The number of halogens is 3. The Bertz CT molecular complexity index is 893. The summed E-state index contributed by atoms with van der Waals surface area (Å²) in [6.07, 6.45) is 1.65. The minimum absolute atomic E-state index is 0. The lowest BCUT2D eigenvalue weighted by Gasteiger charge is -2.36. The van der Waals surface area contributed by atoms with Crippen molar-refractivity contribution in [3.8, 4) is 11.1 Å². The van der Waals surface area contributed by atoms with Crippen molar-refractivity contribution in [3.63, 3.8) is 0 Å². The fraction of sp³-hybridized carbons (Fsp3) is 0.400. The van der Waals surface area contributed by atoms with Gasteiger partial charge in [-0.15, -0.1) is 12.4 Å². The van der Waals surface area contributed by atoms with E-state index in [-0.39, 0.29) is 28.8 Å². The highest BCUT2D eigenvalue weighted by atomic mass is 35.5. The highest BCUT2D eigenvalue weighted by molar-refractivity contribution is 7.92. The maximum absolute atomic E-state index is 13.9. The molecular weight excluding hydrogens is 392 g/mol. The Balaban J connectivity index is 0.00000261. The first-order valence-corrected chi connectivity index (χ1v) is 10.2. The zero-order valence-corrected chi connectivity index (χ0v) is 17.0. The summed E-state index contributed by atoms with van der Waals surface area (Å²) in [6, 6.07) is 9.52. The Morgan fingerprint density at radius 1 is 1.00 bits per heavy atom. The number of sulfone groups is 1. The number of hydrogen-bond donors (Lipinski definition) is 1. The minimum Gasteiger partial charge on any atom is -0.317 e. The van der Waals surface area contributed by atoms with Crippen molar-refractivity contribution in [1.82, 2.24) is 5.32 Å². The predicted octanol–water partition coefficient (Wildman–Crippen LogP) is 4.61. The Morgan fingerprint density at radius 2 is 1.59 bits per heavy atom. The van der Waals surface area contributed by atoms with Gasteiger partial charge in [0, 0.05) is 11.6 Å². The summed E-state index contributed by atoms with van der Waals surface area (Å²) in [6.45, 7) is 5.22. The molecule has 7 heteroatoms. The molecule has 3 nitrogen and oxygen atoms in total. The molecule has 0 amide bonds. The quantitative estimate of drug-likeness (QED) is 0.793.